The van der Waals surface area contributed by atoms with Crippen molar-refractivity contribution in [1.82, 2.24) is 0 Å². The van der Waals surface area contributed by atoms with Crippen molar-refractivity contribution in [3.8, 4) is 17.2 Å². The summed E-state index contributed by atoms with van der Waals surface area (Å²) in [4.78, 5) is 11.1. The van der Waals surface area contributed by atoms with Crippen LogP contribution in [0.5, 0.6) is 17.2 Å². The van der Waals surface area contributed by atoms with E-state index >= 15 is 0 Å². The molecule has 122 valence electrons. The Balaban J connectivity index is 0.00000288. The first-order valence-electron chi connectivity index (χ1n) is 6.33. The third-order valence-corrected chi connectivity index (χ3v) is 5.38. The van der Waals surface area contributed by atoms with Crippen molar-refractivity contribution in [2.24, 2.45) is 5.73 Å². The summed E-state index contributed by atoms with van der Waals surface area (Å²) in [6.07, 6.45) is 0.211. The van der Waals surface area contributed by atoms with Crippen LogP contribution in [0, 0.1) is 7.14 Å². The number of nitrogens with two attached hydrogens (primary N) is 1. The van der Waals surface area contributed by atoms with Crippen LogP contribution < -0.4 is 45.1 Å². The van der Waals surface area contributed by atoms with Crippen molar-refractivity contribution >= 4 is 73.7 Å². The van der Waals surface area contributed by atoms with Gasteiger partial charge >= 0.3 is 35.5 Å². The SMILES string of the molecule is N[C@@](I)(Cc1ccc(Oc2c(I)cc([O-])cc2I)cc1)C(=O)O.[Na+]. The number of halogens is 3. The van der Waals surface area contributed by atoms with Crippen LogP contribution >= 0.6 is 67.8 Å². The maximum atomic E-state index is 11.4. The summed E-state index contributed by atoms with van der Waals surface area (Å²) in [5.74, 6) is 0.123. The van der Waals surface area contributed by atoms with Crippen LogP contribution in [0.25, 0.3) is 0 Å². The van der Waals surface area contributed by atoms with E-state index in [0.717, 1.165) is 12.7 Å². The molecule has 2 rings (SSSR count). The number of rotatable bonds is 5. The summed E-state index contributed by atoms with van der Waals surface area (Å²) >= 11 is 5.84. The number of carbonyl (C=O) groups is 1. The van der Waals surface area contributed by atoms with Crippen LogP contribution in [0.1, 0.15) is 5.56 Å². The Hall–Kier alpha value is 0.660. The normalized spacial score (nSPS) is 12.8. The first kappa shape index (κ1) is 22.7. The molecule has 0 amide bonds. The van der Waals surface area contributed by atoms with Gasteiger partial charge in [0.2, 0.25) is 0 Å². The molecule has 2 aromatic rings. The predicted octanol–water partition coefficient (Wildman–Crippen LogP) is 0.483. The topological polar surface area (TPSA) is 95.6 Å². The molecule has 0 spiro atoms. The summed E-state index contributed by atoms with van der Waals surface area (Å²) in [7, 11) is 0. The van der Waals surface area contributed by atoms with Gasteiger partial charge in [0.05, 0.1) is 7.14 Å². The van der Waals surface area contributed by atoms with E-state index in [9.17, 15) is 9.90 Å². The van der Waals surface area contributed by atoms with Gasteiger partial charge < -0.3 is 20.7 Å². The second-order valence-corrected chi connectivity index (χ2v) is 9.06. The Bertz CT molecular complexity index is 715. The van der Waals surface area contributed by atoms with Gasteiger partial charge in [-0.25, -0.2) is 4.79 Å². The van der Waals surface area contributed by atoms with Gasteiger partial charge in [0.15, 0.2) is 9.30 Å². The van der Waals surface area contributed by atoms with Crippen LogP contribution in [0.2, 0.25) is 0 Å². The van der Waals surface area contributed by atoms with E-state index in [1.54, 1.807) is 46.9 Å². The molecule has 3 N–H and O–H groups in total. The van der Waals surface area contributed by atoms with E-state index in [1.807, 2.05) is 0 Å². The Morgan fingerprint density at radius 3 is 2.17 bits per heavy atom. The Kier molecular flexibility index (Phi) is 9.04. The zero-order valence-electron chi connectivity index (χ0n) is 12.6. The molecule has 0 fully saturated rings. The molecule has 2 aromatic carbocycles. The molecule has 0 aliphatic heterocycles. The average molecular weight is 673 g/mol. The van der Waals surface area contributed by atoms with Crippen LogP contribution in [0.15, 0.2) is 36.4 Å². The van der Waals surface area contributed by atoms with Crippen LogP contribution in [-0.2, 0) is 11.2 Å². The molecule has 9 heteroatoms. The van der Waals surface area contributed by atoms with Gasteiger partial charge in [0.1, 0.15) is 5.75 Å². The molecule has 0 unspecified atom stereocenters. The standard InChI is InChI=1S/C15H12I3NO4.Na/c16-11-5-9(20)6-12(17)13(11)23-10-3-1-8(2-4-10)7-15(18,19)14(21)22;/h1-6,20H,7,19H2,(H,21,22);/q;+1/p-1/t15-;/m0./s1. The largest absolute Gasteiger partial charge is 1.00 e. The van der Waals surface area contributed by atoms with Gasteiger partial charge in [-0.05, 0) is 85.5 Å². The maximum absolute atomic E-state index is 11.4. The second kappa shape index (κ2) is 9.55. The fourth-order valence-corrected chi connectivity index (χ4v) is 4.17. The number of hydrogen-bond acceptors (Lipinski definition) is 4. The average Bonchev–Trinajstić information content (AvgIpc) is 2.44. The summed E-state index contributed by atoms with van der Waals surface area (Å²) in [5.41, 5.74) is 6.53. The zero-order valence-corrected chi connectivity index (χ0v) is 21.0. The molecule has 5 nitrogen and oxygen atoms in total. The van der Waals surface area contributed by atoms with Gasteiger partial charge in [0, 0.05) is 6.42 Å². The molecule has 1 atom stereocenters. The van der Waals surface area contributed by atoms with E-state index in [-0.39, 0.29) is 41.7 Å². The van der Waals surface area contributed by atoms with E-state index in [2.05, 4.69) is 45.2 Å². The van der Waals surface area contributed by atoms with Gasteiger partial charge in [0.25, 0.3) is 0 Å². The molecule has 0 aliphatic carbocycles. The number of alkyl halides is 1. The molecule has 0 saturated heterocycles. The quantitative estimate of drug-likeness (QED) is 0.209. The van der Waals surface area contributed by atoms with E-state index < -0.39 is 9.51 Å². The minimum Gasteiger partial charge on any atom is -0.872 e. The molecule has 0 aliphatic rings. The van der Waals surface area contributed by atoms with E-state index in [1.165, 1.54) is 12.1 Å². The monoisotopic (exact) mass is 673 g/mol. The predicted molar refractivity (Wildman–Crippen MR) is 110 cm³/mol. The Labute approximate surface area is 202 Å². The van der Waals surface area contributed by atoms with Crippen molar-refractivity contribution in [3.63, 3.8) is 0 Å². The second-order valence-electron chi connectivity index (χ2n) is 4.81. The minimum absolute atomic E-state index is 0. The maximum Gasteiger partial charge on any atom is 1.00 e. The molecule has 0 bridgehead atoms. The summed E-state index contributed by atoms with van der Waals surface area (Å²) < 4.78 is 5.96. The van der Waals surface area contributed by atoms with Crippen molar-refractivity contribution in [2.75, 3.05) is 0 Å². The first-order valence-corrected chi connectivity index (χ1v) is 9.57. The van der Waals surface area contributed by atoms with Crippen molar-refractivity contribution < 1.29 is 49.3 Å². The van der Waals surface area contributed by atoms with Crippen molar-refractivity contribution in [2.45, 2.75) is 9.97 Å². The van der Waals surface area contributed by atoms with Crippen LogP contribution in [0.4, 0.5) is 0 Å². The van der Waals surface area contributed by atoms with Gasteiger partial charge in [-0.1, -0.05) is 24.3 Å². The van der Waals surface area contributed by atoms with Gasteiger partial charge in [-0.2, -0.15) is 0 Å². The van der Waals surface area contributed by atoms with E-state index in [0.29, 0.717) is 11.5 Å². The number of carboxylic acid groups (broad SMARTS) is 1. The molecule has 24 heavy (non-hydrogen) atoms. The Morgan fingerprint density at radius 1 is 1.21 bits per heavy atom. The van der Waals surface area contributed by atoms with Crippen molar-refractivity contribution in [1.29, 1.82) is 0 Å². The van der Waals surface area contributed by atoms with E-state index in [4.69, 9.17) is 15.6 Å². The molecule has 0 aromatic heterocycles. The van der Waals surface area contributed by atoms with Crippen molar-refractivity contribution in [3.05, 3.63) is 49.1 Å². The summed E-state index contributed by atoms with van der Waals surface area (Å²) in [6.45, 7) is 0. The molecular weight excluding hydrogens is 662 g/mol. The summed E-state index contributed by atoms with van der Waals surface area (Å²) in [5, 5.41) is 20.5. The minimum atomic E-state index is -1.34. The molecular formula is C15H11I3NNaO4. The molecule has 0 saturated carbocycles. The number of hydrogen-bond donors (Lipinski definition) is 2. The molecule has 0 radical (unpaired) electrons. The smallest absolute Gasteiger partial charge is 0.872 e. The first-order chi connectivity index (χ1) is 10.7. The number of aliphatic carboxylic acids is 1. The Morgan fingerprint density at radius 2 is 1.71 bits per heavy atom. The summed E-state index contributed by atoms with van der Waals surface area (Å²) in [6, 6.07) is 10.1. The third-order valence-electron chi connectivity index (χ3n) is 2.93. The fraction of sp³-hybridized carbons (Fsp3) is 0.133. The number of benzene rings is 2. The van der Waals surface area contributed by atoms with Gasteiger partial charge in [-0.15, -0.1) is 5.75 Å². The third kappa shape index (κ3) is 6.13. The number of ether oxygens (including phenoxy) is 1. The van der Waals surface area contributed by atoms with Crippen LogP contribution in [0.3, 0.4) is 0 Å². The zero-order chi connectivity index (χ0) is 17.2. The van der Waals surface area contributed by atoms with Gasteiger partial charge in [-0.3, -0.25) is 0 Å². The molecule has 0 heterocycles. The number of carboxylic acids is 1. The fourth-order valence-electron chi connectivity index (χ4n) is 1.80. The van der Waals surface area contributed by atoms with Crippen LogP contribution in [-0.4, -0.2) is 14.6 Å².